The number of hydrogen-bond acceptors (Lipinski definition) is 6. The zero-order valence-corrected chi connectivity index (χ0v) is 18.0. The first kappa shape index (κ1) is 19.1. The molecule has 0 aliphatic heterocycles. The molecule has 1 fully saturated rings. The molecule has 1 aliphatic rings. The van der Waals surface area contributed by atoms with Gasteiger partial charge in [-0.1, -0.05) is 31.1 Å². The summed E-state index contributed by atoms with van der Waals surface area (Å²) in [6.45, 7) is 2.34. The van der Waals surface area contributed by atoms with Crippen molar-refractivity contribution in [3.63, 3.8) is 0 Å². The molecule has 5 rings (SSSR count). The number of thiazole rings is 1. The van der Waals surface area contributed by atoms with Crippen LogP contribution in [0.1, 0.15) is 32.6 Å². The van der Waals surface area contributed by atoms with E-state index in [1.54, 1.807) is 28.4 Å². The molecule has 3 heterocycles. The highest BCUT2D eigenvalue weighted by atomic mass is 32.1. The maximum atomic E-state index is 6.12. The summed E-state index contributed by atoms with van der Waals surface area (Å²) in [6, 6.07) is 10.4. The van der Waals surface area contributed by atoms with Crippen molar-refractivity contribution >= 4 is 26.7 Å². The lowest BCUT2D eigenvalue weighted by Crippen LogP contribution is -2.30. The zero-order valence-electron chi connectivity index (χ0n) is 17.2. The topological polar surface area (TPSA) is 64.9 Å². The Kier molecular flexibility index (Phi) is 5.12. The van der Waals surface area contributed by atoms with Gasteiger partial charge in [-0.25, -0.2) is 4.98 Å². The van der Waals surface area contributed by atoms with Crippen molar-refractivity contribution in [3.8, 4) is 22.8 Å². The molecule has 0 spiro atoms. The average molecular weight is 420 g/mol. The number of aryl methyl sites for hydroxylation is 1. The van der Waals surface area contributed by atoms with Crippen LogP contribution in [-0.2, 0) is 7.05 Å². The van der Waals surface area contributed by atoms with E-state index in [1.807, 2.05) is 37.5 Å². The second-order valence-corrected chi connectivity index (χ2v) is 9.07. The number of fused-ring (bicyclic) bond motifs is 1. The number of nitrogens with zero attached hydrogens (tertiary/aromatic N) is 4. The van der Waals surface area contributed by atoms with E-state index < -0.39 is 0 Å². The number of pyridine rings is 1. The highest BCUT2D eigenvalue weighted by molar-refractivity contribution is 7.22. The van der Waals surface area contributed by atoms with Crippen LogP contribution in [0.3, 0.4) is 0 Å². The molecule has 1 N–H and O–H groups in total. The molecule has 0 radical (unpaired) electrons. The number of anilines is 1. The molecule has 154 valence electrons. The fourth-order valence-corrected chi connectivity index (χ4v) is 5.00. The van der Waals surface area contributed by atoms with Crippen LogP contribution in [0.4, 0.5) is 5.13 Å². The lowest BCUT2D eigenvalue weighted by atomic mass is 9.86. The minimum atomic E-state index is 0.526. The monoisotopic (exact) mass is 419 g/mol. The second-order valence-electron chi connectivity index (χ2n) is 8.04. The standard InChI is InChI=1S/C23H25N5OS/c1-15-5-3-4-6-19(15)26-23-27-20-8-7-17(12-22(20)30-23)29-18-9-10-24-21(11-18)16-13-25-28(2)14-16/h7-15,19H,3-6H2,1-2H3,(H,26,27)/t15-,19-/m0/s1. The van der Waals surface area contributed by atoms with E-state index in [0.717, 1.165) is 38.1 Å². The molecule has 1 saturated carbocycles. The summed E-state index contributed by atoms with van der Waals surface area (Å²) in [7, 11) is 1.90. The van der Waals surface area contributed by atoms with Crippen molar-refractivity contribution in [2.75, 3.05) is 5.32 Å². The van der Waals surface area contributed by atoms with E-state index in [4.69, 9.17) is 9.72 Å². The zero-order chi connectivity index (χ0) is 20.5. The van der Waals surface area contributed by atoms with Crippen LogP contribution >= 0.6 is 11.3 Å². The summed E-state index contributed by atoms with van der Waals surface area (Å²) < 4.78 is 9.01. The van der Waals surface area contributed by atoms with E-state index >= 15 is 0 Å². The van der Waals surface area contributed by atoms with Crippen LogP contribution in [-0.4, -0.2) is 25.8 Å². The Morgan fingerprint density at radius 3 is 2.83 bits per heavy atom. The Bertz CT molecular complexity index is 1170. The van der Waals surface area contributed by atoms with Gasteiger partial charge in [-0.2, -0.15) is 5.10 Å². The number of benzene rings is 1. The van der Waals surface area contributed by atoms with Crippen molar-refractivity contribution < 1.29 is 4.74 Å². The van der Waals surface area contributed by atoms with Crippen molar-refractivity contribution in [1.29, 1.82) is 0 Å². The molecule has 4 aromatic rings. The molecule has 0 saturated heterocycles. The van der Waals surface area contributed by atoms with E-state index in [9.17, 15) is 0 Å². The summed E-state index contributed by atoms with van der Waals surface area (Å²) in [4.78, 5) is 9.21. The van der Waals surface area contributed by atoms with Crippen LogP contribution in [0.25, 0.3) is 21.5 Å². The predicted molar refractivity (Wildman–Crippen MR) is 121 cm³/mol. The summed E-state index contributed by atoms with van der Waals surface area (Å²) in [6.07, 6.45) is 10.7. The van der Waals surface area contributed by atoms with Crippen molar-refractivity contribution in [1.82, 2.24) is 19.7 Å². The number of nitrogens with one attached hydrogen (secondary N) is 1. The third kappa shape index (κ3) is 4.03. The summed E-state index contributed by atoms with van der Waals surface area (Å²) >= 11 is 1.69. The van der Waals surface area contributed by atoms with E-state index in [-0.39, 0.29) is 0 Å². The van der Waals surface area contributed by atoms with E-state index in [2.05, 4.69) is 28.4 Å². The van der Waals surface area contributed by atoms with Crippen molar-refractivity contribution in [2.24, 2.45) is 13.0 Å². The van der Waals surface area contributed by atoms with Crippen LogP contribution in [0.15, 0.2) is 48.9 Å². The highest BCUT2D eigenvalue weighted by Gasteiger charge is 2.22. The molecular weight excluding hydrogens is 394 g/mol. The Balaban J connectivity index is 1.34. The summed E-state index contributed by atoms with van der Waals surface area (Å²) in [5.41, 5.74) is 2.81. The Morgan fingerprint density at radius 1 is 1.13 bits per heavy atom. The first-order valence-electron chi connectivity index (χ1n) is 10.4. The molecule has 3 aromatic heterocycles. The normalized spacial score (nSPS) is 19.1. The van der Waals surface area contributed by atoms with Gasteiger partial charge in [-0.05, 0) is 37.0 Å². The van der Waals surface area contributed by atoms with Crippen molar-refractivity contribution in [3.05, 3.63) is 48.9 Å². The van der Waals surface area contributed by atoms with Gasteiger partial charge in [0.15, 0.2) is 5.13 Å². The fraction of sp³-hybridized carbons (Fsp3) is 0.348. The van der Waals surface area contributed by atoms with Gasteiger partial charge in [0.1, 0.15) is 11.5 Å². The molecule has 2 atom stereocenters. The summed E-state index contributed by atoms with van der Waals surface area (Å²) in [5, 5.41) is 8.88. The van der Waals surface area contributed by atoms with Crippen LogP contribution in [0.2, 0.25) is 0 Å². The van der Waals surface area contributed by atoms with Gasteiger partial charge in [0.05, 0.1) is 22.1 Å². The van der Waals surface area contributed by atoms with Crippen LogP contribution < -0.4 is 10.1 Å². The number of rotatable bonds is 5. The molecule has 1 aliphatic carbocycles. The first-order valence-corrected chi connectivity index (χ1v) is 11.3. The number of hydrogen-bond donors (Lipinski definition) is 1. The van der Waals surface area contributed by atoms with Gasteiger partial charge in [0, 0.05) is 43.2 Å². The van der Waals surface area contributed by atoms with Gasteiger partial charge in [0.2, 0.25) is 0 Å². The predicted octanol–water partition coefficient (Wildman–Crippen LogP) is 5.87. The SMILES string of the molecule is C[C@H]1CCCC[C@@H]1Nc1nc2ccc(Oc3ccnc(-c4cnn(C)c4)c3)cc2s1. The third-order valence-corrected chi connectivity index (χ3v) is 6.70. The lowest BCUT2D eigenvalue weighted by Gasteiger charge is -2.29. The molecular formula is C23H25N5OS. The Hall–Kier alpha value is -2.93. The van der Waals surface area contributed by atoms with Gasteiger partial charge in [-0.15, -0.1) is 0 Å². The quantitative estimate of drug-likeness (QED) is 0.438. The molecule has 6 nitrogen and oxygen atoms in total. The number of aromatic nitrogens is 4. The molecule has 1 aromatic carbocycles. The Morgan fingerprint density at radius 2 is 2.00 bits per heavy atom. The lowest BCUT2D eigenvalue weighted by molar-refractivity contribution is 0.349. The molecule has 0 bridgehead atoms. The van der Waals surface area contributed by atoms with Gasteiger partial charge in [-0.3, -0.25) is 9.67 Å². The largest absolute Gasteiger partial charge is 0.457 e. The van der Waals surface area contributed by atoms with Gasteiger partial charge >= 0.3 is 0 Å². The number of ether oxygens (including phenoxy) is 1. The fourth-order valence-electron chi connectivity index (χ4n) is 4.04. The van der Waals surface area contributed by atoms with Gasteiger partial charge < -0.3 is 10.1 Å². The Labute approximate surface area is 179 Å². The van der Waals surface area contributed by atoms with Crippen LogP contribution in [0, 0.1) is 5.92 Å². The molecule has 0 unspecified atom stereocenters. The average Bonchev–Trinajstić information content (AvgIpc) is 3.35. The third-order valence-electron chi connectivity index (χ3n) is 5.75. The van der Waals surface area contributed by atoms with Crippen molar-refractivity contribution in [2.45, 2.75) is 38.6 Å². The maximum Gasteiger partial charge on any atom is 0.184 e. The second kappa shape index (κ2) is 8.07. The maximum absolute atomic E-state index is 6.12. The smallest absolute Gasteiger partial charge is 0.184 e. The highest BCUT2D eigenvalue weighted by Crippen LogP contribution is 2.34. The summed E-state index contributed by atoms with van der Waals surface area (Å²) in [5.74, 6) is 2.25. The van der Waals surface area contributed by atoms with Crippen LogP contribution in [0.5, 0.6) is 11.5 Å². The minimum absolute atomic E-state index is 0.526. The van der Waals surface area contributed by atoms with E-state index in [1.165, 1.54) is 25.7 Å². The molecule has 0 amide bonds. The molecule has 30 heavy (non-hydrogen) atoms. The van der Waals surface area contributed by atoms with E-state index in [0.29, 0.717) is 12.0 Å². The minimum Gasteiger partial charge on any atom is -0.457 e. The first-order chi connectivity index (χ1) is 14.6. The van der Waals surface area contributed by atoms with Gasteiger partial charge in [0.25, 0.3) is 0 Å². The molecule has 7 heteroatoms.